The van der Waals surface area contributed by atoms with Crippen LogP contribution in [0.1, 0.15) is 29.2 Å². The molecule has 0 aliphatic heterocycles. The number of pyridine rings is 1. The number of benzene rings is 1. The highest BCUT2D eigenvalue weighted by molar-refractivity contribution is 5.31. The van der Waals surface area contributed by atoms with Crippen molar-refractivity contribution < 1.29 is 8.78 Å². The molecule has 0 bridgehead atoms. The fourth-order valence-corrected chi connectivity index (χ4v) is 1.90. The molecule has 0 fully saturated rings. The summed E-state index contributed by atoms with van der Waals surface area (Å²) in [6, 6.07) is 8.56. The molecular formula is C15H15F2N. The van der Waals surface area contributed by atoms with Gasteiger partial charge in [0.2, 0.25) is 0 Å². The molecule has 1 nitrogen and oxygen atoms in total. The first-order valence-corrected chi connectivity index (χ1v) is 5.83. The highest BCUT2D eigenvalue weighted by Gasteiger charge is 2.23. The average molecular weight is 247 g/mol. The van der Waals surface area contributed by atoms with E-state index < -0.39 is 5.92 Å². The maximum Gasteiger partial charge on any atom is 0.270 e. The number of alkyl halides is 2. The van der Waals surface area contributed by atoms with Crippen molar-refractivity contribution in [3.05, 3.63) is 65.0 Å². The van der Waals surface area contributed by atoms with Gasteiger partial charge in [0.25, 0.3) is 5.92 Å². The van der Waals surface area contributed by atoms with Crippen LogP contribution in [0.2, 0.25) is 0 Å². The Balaban J connectivity index is 2.25. The highest BCUT2D eigenvalue weighted by Crippen LogP contribution is 2.27. The van der Waals surface area contributed by atoms with E-state index in [2.05, 4.69) is 4.98 Å². The van der Waals surface area contributed by atoms with Gasteiger partial charge in [0, 0.05) is 24.9 Å². The van der Waals surface area contributed by atoms with E-state index in [1.54, 1.807) is 24.5 Å². The molecule has 1 heterocycles. The van der Waals surface area contributed by atoms with Crippen LogP contribution in [0, 0.1) is 6.92 Å². The molecule has 3 heteroatoms. The van der Waals surface area contributed by atoms with Gasteiger partial charge in [-0.05, 0) is 36.1 Å². The number of aryl methyl sites for hydroxylation is 1. The Morgan fingerprint density at radius 3 is 2.56 bits per heavy atom. The Morgan fingerprint density at radius 1 is 1.11 bits per heavy atom. The van der Waals surface area contributed by atoms with Gasteiger partial charge in [0.15, 0.2) is 0 Å². The van der Waals surface area contributed by atoms with Crippen molar-refractivity contribution in [2.24, 2.45) is 0 Å². The molecule has 0 saturated heterocycles. The van der Waals surface area contributed by atoms with Crippen molar-refractivity contribution in [3.8, 4) is 0 Å². The van der Waals surface area contributed by atoms with E-state index in [1.165, 1.54) is 6.07 Å². The predicted octanol–water partition coefficient (Wildman–Crippen LogP) is 4.09. The van der Waals surface area contributed by atoms with Gasteiger partial charge < -0.3 is 0 Å². The van der Waals surface area contributed by atoms with Crippen LogP contribution in [-0.4, -0.2) is 4.98 Å². The number of hydrogen-bond donors (Lipinski definition) is 0. The van der Waals surface area contributed by atoms with Crippen LogP contribution in [0.3, 0.4) is 0 Å². The lowest BCUT2D eigenvalue weighted by atomic mass is 10.0. The van der Waals surface area contributed by atoms with Gasteiger partial charge in [0.05, 0.1) is 0 Å². The first-order valence-electron chi connectivity index (χ1n) is 5.83. The van der Waals surface area contributed by atoms with E-state index in [9.17, 15) is 8.78 Å². The molecule has 0 atom stereocenters. The average Bonchev–Trinajstić information content (AvgIpc) is 2.28. The molecule has 0 aliphatic rings. The second-order valence-electron chi connectivity index (χ2n) is 4.64. The SMILES string of the molecule is Cc1cncc(Cc2cccc(C(C)(F)F)c2)c1. The van der Waals surface area contributed by atoms with Crippen molar-refractivity contribution in [2.45, 2.75) is 26.2 Å². The molecule has 18 heavy (non-hydrogen) atoms. The summed E-state index contributed by atoms with van der Waals surface area (Å²) < 4.78 is 26.5. The molecule has 0 saturated carbocycles. The van der Waals surface area contributed by atoms with E-state index in [-0.39, 0.29) is 5.56 Å². The van der Waals surface area contributed by atoms with Gasteiger partial charge in [-0.1, -0.05) is 24.3 Å². The van der Waals surface area contributed by atoms with Crippen molar-refractivity contribution in [2.75, 3.05) is 0 Å². The van der Waals surface area contributed by atoms with Crippen LogP contribution in [0.25, 0.3) is 0 Å². The highest BCUT2D eigenvalue weighted by atomic mass is 19.3. The van der Waals surface area contributed by atoms with Crippen LogP contribution < -0.4 is 0 Å². The van der Waals surface area contributed by atoms with Gasteiger partial charge in [0.1, 0.15) is 0 Å². The standard InChI is InChI=1S/C15H15F2N/c1-11-6-13(10-18-9-11)7-12-4-3-5-14(8-12)15(2,16)17/h3-6,8-10H,7H2,1-2H3. The lowest BCUT2D eigenvalue weighted by Crippen LogP contribution is -2.07. The summed E-state index contributed by atoms with van der Waals surface area (Å²) in [5, 5.41) is 0. The Kier molecular flexibility index (Phi) is 3.41. The summed E-state index contributed by atoms with van der Waals surface area (Å²) in [6.45, 7) is 2.88. The maximum atomic E-state index is 13.2. The summed E-state index contributed by atoms with van der Waals surface area (Å²) >= 11 is 0. The van der Waals surface area contributed by atoms with Crippen molar-refractivity contribution in [3.63, 3.8) is 0 Å². The maximum absolute atomic E-state index is 13.2. The minimum Gasteiger partial charge on any atom is -0.264 e. The number of hydrogen-bond acceptors (Lipinski definition) is 1. The molecular weight excluding hydrogens is 232 g/mol. The van der Waals surface area contributed by atoms with Gasteiger partial charge >= 0.3 is 0 Å². The van der Waals surface area contributed by atoms with Gasteiger partial charge in [-0.2, -0.15) is 0 Å². The van der Waals surface area contributed by atoms with E-state index in [0.29, 0.717) is 6.42 Å². The summed E-state index contributed by atoms with van der Waals surface area (Å²) in [5.74, 6) is -2.79. The van der Waals surface area contributed by atoms with Gasteiger partial charge in [-0.25, -0.2) is 8.78 Å². The van der Waals surface area contributed by atoms with Crippen molar-refractivity contribution >= 4 is 0 Å². The zero-order valence-electron chi connectivity index (χ0n) is 10.5. The van der Waals surface area contributed by atoms with Gasteiger partial charge in [-0.3, -0.25) is 4.98 Å². The minimum absolute atomic E-state index is 0.0561. The first-order chi connectivity index (χ1) is 8.45. The number of nitrogens with zero attached hydrogens (tertiary/aromatic N) is 1. The predicted molar refractivity (Wildman–Crippen MR) is 67.8 cm³/mol. The Morgan fingerprint density at radius 2 is 1.89 bits per heavy atom. The molecule has 2 aromatic rings. The van der Waals surface area contributed by atoms with E-state index in [4.69, 9.17) is 0 Å². The lowest BCUT2D eigenvalue weighted by molar-refractivity contribution is 0.0174. The molecule has 1 aromatic carbocycles. The normalized spacial score (nSPS) is 11.6. The summed E-state index contributed by atoms with van der Waals surface area (Å²) in [7, 11) is 0. The summed E-state index contributed by atoms with van der Waals surface area (Å²) in [6.07, 6.45) is 4.17. The van der Waals surface area contributed by atoms with Crippen LogP contribution >= 0.6 is 0 Å². The molecule has 2 rings (SSSR count). The lowest BCUT2D eigenvalue weighted by Gasteiger charge is -2.12. The Bertz CT molecular complexity index is 544. The molecule has 0 N–H and O–H groups in total. The van der Waals surface area contributed by atoms with E-state index in [1.807, 2.05) is 19.1 Å². The first kappa shape index (κ1) is 12.7. The third-order valence-corrected chi connectivity index (χ3v) is 2.77. The fourth-order valence-electron chi connectivity index (χ4n) is 1.90. The summed E-state index contributed by atoms with van der Waals surface area (Å²) in [5.41, 5.74) is 3.04. The molecule has 0 aliphatic carbocycles. The third kappa shape index (κ3) is 3.13. The van der Waals surface area contributed by atoms with Gasteiger partial charge in [-0.15, -0.1) is 0 Å². The molecule has 0 radical (unpaired) electrons. The number of aromatic nitrogens is 1. The summed E-state index contributed by atoms with van der Waals surface area (Å²) in [4.78, 5) is 4.10. The molecule has 0 unspecified atom stereocenters. The molecule has 0 spiro atoms. The Hall–Kier alpha value is -1.77. The van der Waals surface area contributed by atoms with Crippen LogP contribution in [-0.2, 0) is 12.3 Å². The topological polar surface area (TPSA) is 12.9 Å². The van der Waals surface area contributed by atoms with E-state index in [0.717, 1.165) is 23.6 Å². The van der Waals surface area contributed by atoms with Crippen molar-refractivity contribution in [1.29, 1.82) is 0 Å². The monoisotopic (exact) mass is 247 g/mol. The Labute approximate surface area is 105 Å². The molecule has 1 aromatic heterocycles. The zero-order chi connectivity index (χ0) is 13.2. The second-order valence-corrected chi connectivity index (χ2v) is 4.64. The molecule has 94 valence electrons. The third-order valence-electron chi connectivity index (χ3n) is 2.77. The number of rotatable bonds is 3. The largest absolute Gasteiger partial charge is 0.270 e. The van der Waals surface area contributed by atoms with Crippen LogP contribution in [0.4, 0.5) is 8.78 Å². The fraction of sp³-hybridized carbons (Fsp3) is 0.267. The zero-order valence-corrected chi connectivity index (χ0v) is 10.5. The quantitative estimate of drug-likeness (QED) is 0.796. The second kappa shape index (κ2) is 4.84. The van der Waals surface area contributed by atoms with Crippen LogP contribution in [0.5, 0.6) is 0 Å². The minimum atomic E-state index is -2.79. The van der Waals surface area contributed by atoms with E-state index >= 15 is 0 Å². The van der Waals surface area contributed by atoms with Crippen LogP contribution in [0.15, 0.2) is 42.7 Å². The smallest absolute Gasteiger partial charge is 0.264 e. The van der Waals surface area contributed by atoms with Crippen molar-refractivity contribution in [1.82, 2.24) is 4.98 Å². The molecule has 0 amide bonds. The number of halogens is 2.